The zero-order valence-electron chi connectivity index (χ0n) is 11.4. The van der Waals surface area contributed by atoms with Crippen LogP contribution < -0.4 is 9.80 Å². The van der Waals surface area contributed by atoms with E-state index < -0.39 is 5.82 Å². The quantitative estimate of drug-likeness (QED) is 0.849. The first kappa shape index (κ1) is 13.8. The Morgan fingerprint density at radius 1 is 1.24 bits per heavy atom. The second-order valence-electron chi connectivity index (χ2n) is 4.85. The molecule has 0 bridgehead atoms. The molecule has 0 N–H and O–H groups in total. The SMILES string of the molecule is Cc1ccncc1N1CCN(c2ccc(Cl)c(F)c2)C1=O. The summed E-state index contributed by atoms with van der Waals surface area (Å²) in [7, 11) is 0. The molecule has 2 aromatic rings. The zero-order chi connectivity index (χ0) is 15.0. The predicted molar refractivity (Wildman–Crippen MR) is 80.5 cm³/mol. The fourth-order valence-electron chi connectivity index (χ4n) is 2.39. The smallest absolute Gasteiger partial charge is 0.292 e. The van der Waals surface area contributed by atoms with Crippen molar-refractivity contribution in [2.24, 2.45) is 0 Å². The van der Waals surface area contributed by atoms with E-state index in [0.29, 0.717) is 18.8 Å². The molecule has 1 saturated heterocycles. The lowest BCUT2D eigenvalue weighted by Gasteiger charge is -2.20. The highest BCUT2D eigenvalue weighted by molar-refractivity contribution is 6.30. The summed E-state index contributed by atoms with van der Waals surface area (Å²) in [5, 5.41) is 0.0466. The van der Waals surface area contributed by atoms with Crippen LogP contribution in [0.3, 0.4) is 0 Å². The van der Waals surface area contributed by atoms with Crippen LogP contribution in [0.1, 0.15) is 5.56 Å². The molecule has 21 heavy (non-hydrogen) atoms. The molecule has 2 amide bonds. The van der Waals surface area contributed by atoms with E-state index in [0.717, 1.165) is 11.3 Å². The van der Waals surface area contributed by atoms with Gasteiger partial charge >= 0.3 is 6.03 Å². The number of aryl methyl sites for hydroxylation is 1. The van der Waals surface area contributed by atoms with E-state index in [2.05, 4.69) is 4.98 Å². The number of pyridine rings is 1. The maximum Gasteiger partial charge on any atom is 0.329 e. The fourth-order valence-corrected chi connectivity index (χ4v) is 2.51. The Morgan fingerprint density at radius 3 is 2.71 bits per heavy atom. The van der Waals surface area contributed by atoms with Gasteiger partial charge in [0.2, 0.25) is 0 Å². The largest absolute Gasteiger partial charge is 0.329 e. The van der Waals surface area contributed by atoms with Crippen molar-refractivity contribution in [1.82, 2.24) is 4.98 Å². The first-order valence-corrected chi connectivity index (χ1v) is 6.90. The molecule has 1 aromatic carbocycles. The van der Waals surface area contributed by atoms with E-state index in [1.54, 1.807) is 23.4 Å². The van der Waals surface area contributed by atoms with Crippen molar-refractivity contribution in [3.8, 4) is 0 Å². The normalized spacial score (nSPS) is 14.9. The van der Waals surface area contributed by atoms with Gasteiger partial charge in [-0.05, 0) is 36.8 Å². The molecule has 108 valence electrons. The van der Waals surface area contributed by atoms with E-state index in [9.17, 15) is 9.18 Å². The van der Waals surface area contributed by atoms with Crippen LogP contribution in [0.5, 0.6) is 0 Å². The Balaban J connectivity index is 1.90. The van der Waals surface area contributed by atoms with Gasteiger partial charge < -0.3 is 0 Å². The highest BCUT2D eigenvalue weighted by atomic mass is 35.5. The number of anilines is 2. The Morgan fingerprint density at radius 2 is 2.00 bits per heavy atom. The summed E-state index contributed by atoms with van der Waals surface area (Å²) in [6.45, 7) is 2.96. The lowest BCUT2D eigenvalue weighted by Crippen LogP contribution is -2.32. The second kappa shape index (κ2) is 5.33. The molecule has 0 saturated carbocycles. The summed E-state index contributed by atoms with van der Waals surface area (Å²) in [5.74, 6) is -0.530. The minimum atomic E-state index is -0.530. The summed E-state index contributed by atoms with van der Waals surface area (Å²) >= 11 is 5.67. The minimum absolute atomic E-state index is 0.0466. The van der Waals surface area contributed by atoms with Crippen LogP contribution in [0.25, 0.3) is 0 Å². The Hall–Kier alpha value is -2.14. The third kappa shape index (κ3) is 2.45. The summed E-state index contributed by atoms with van der Waals surface area (Å²) in [5.41, 5.74) is 2.26. The fraction of sp³-hybridized carbons (Fsp3) is 0.200. The Bertz CT molecular complexity index is 707. The Kier molecular flexibility index (Phi) is 3.51. The van der Waals surface area contributed by atoms with Crippen molar-refractivity contribution in [1.29, 1.82) is 0 Å². The minimum Gasteiger partial charge on any atom is -0.292 e. The van der Waals surface area contributed by atoms with Crippen LogP contribution in [-0.4, -0.2) is 24.1 Å². The first-order valence-electron chi connectivity index (χ1n) is 6.52. The van der Waals surface area contributed by atoms with E-state index in [4.69, 9.17) is 11.6 Å². The number of nitrogens with zero attached hydrogens (tertiary/aromatic N) is 3. The van der Waals surface area contributed by atoms with Gasteiger partial charge in [0.15, 0.2) is 0 Å². The number of carbonyl (C=O) groups is 1. The summed E-state index contributed by atoms with van der Waals surface area (Å²) in [4.78, 5) is 19.8. The molecule has 1 aliphatic heterocycles. The number of carbonyl (C=O) groups excluding carboxylic acids is 1. The first-order chi connectivity index (χ1) is 10.1. The molecule has 1 fully saturated rings. The lowest BCUT2D eigenvalue weighted by molar-refractivity contribution is 0.256. The molecule has 6 heteroatoms. The molecule has 3 rings (SSSR count). The average molecular weight is 306 g/mol. The molecular weight excluding hydrogens is 293 g/mol. The van der Waals surface area contributed by atoms with Crippen molar-refractivity contribution >= 4 is 29.0 Å². The number of hydrogen-bond donors (Lipinski definition) is 0. The van der Waals surface area contributed by atoms with Gasteiger partial charge in [0.1, 0.15) is 5.82 Å². The third-order valence-corrected chi connectivity index (χ3v) is 3.83. The second-order valence-corrected chi connectivity index (χ2v) is 5.25. The third-order valence-electron chi connectivity index (χ3n) is 3.53. The van der Waals surface area contributed by atoms with Gasteiger partial charge in [-0.1, -0.05) is 11.6 Å². The van der Waals surface area contributed by atoms with E-state index in [-0.39, 0.29) is 11.1 Å². The summed E-state index contributed by atoms with van der Waals surface area (Å²) in [6, 6.07) is 6.04. The standard InChI is InChI=1S/C15H13ClFN3O/c1-10-4-5-18-9-14(10)20-7-6-19(15(20)21)11-2-3-12(16)13(17)8-11/h2-5,8-9H,6-7H2,1H3. The van der Waals surface area contributed by atoms with Crippen LogP contribution in [0, 0.1) is 12.7 Å². The van der Waals surface area contributed by atoms with Gasteiger partial charge in [0, 0.05) is 25.0 Å². The van der Waals surface area contributed by atoms with Crippen LogP contribution in [0.4, 0.5) is 20.6 Å². The van der Waals surface area contributed by atoms with Gasteiger partial charge in [0.05, 0.1) is 16.9 Å². The van der Waals surface area contributed by atoms with Crippen molar-refractivity contribution in [2.45, 2.75) is 6.92 Å². The van der Waals surface area contributed by atoms with Gasteiger partial charge in [-0.2, -0.15) is 0 Å². The summed E-state index contributed by atoms with van der Waals surface area (Å²) < 4.78 is 13.6. The lowest BCUT2D eigenvalue weighted by atomic mass is 10.2. The van der Waals surface area contributed by atoms with Gasteiger partial charge in [-0.3, -0.25) is 14.8 Å². The zero-order valence-corrected chi connectivity index (χ0v) is 12.1. The molecule has 1 aromatic heterocycles. The molecule has 4 nitrogen and oxygen atoms in total. The molecule has 0 spiro atoms. The van der Waals surface area contributed by atoms with Crippen molar-refractivity contribution in [3.63, 3.8) is 0 Å². The average Bonchev–Trinajstić information content (AvgIpc) is 2.84. The van der Waals surface area contributed by atoms with Crippen LogP contribution >= 0.6 is 11.6 Å². The molecular formula is C15H13ClFN3O. The highest BCUT2D eigenvalue weighted by Gasteiger charge is 2.31. The predicted octanol–water partition coefficient (Wildman–Crippen LogP) is 3.63. The number of hydrogen-bond acceptors (Lipinski definition) is 2. The van der Waals surface area contributed by atoms with Gasteiger partial charge in [-0.15, -0.1) is 0 Å². The molecule has 0 aliphatic carbocycles. The number of rotatable bonds is 2. The molecule has 0 unspecified atom stereocenters. The van der Waals surface area contributed by atoms with Crippen molar-refractivity contribution < 1.29 is 9.18 Å². The number of urea groups is 1. The number of aromatic nitrogens is 1. The number of benzene rings is 1. The van der Waals surface area contributed by atoms with E-state index in [1.807, 2.05) is 13.0 Å². The maximum absolute atomic E-state index is 13.6. The summed E-state index contributed by atoms with van der Waals surface area (Å²) in [6.07, 6.45) is 3.35. The molecule has 2 heterocycles. The molecule has 0 atom stereocenters. The van der Waals surface area contributed by atoms with Crippen LogP contribution in [0.15, 0.2) is 36.7 Å². The van der Waals surface area contributed by atoms with Crippen LogP contribution in [0.2, 0.25) is 5.02 Å². The number of halogens is 2. The topological polar surface area (TPSA) is 36.4 Å². The van der Waals surface area contributed by atoms with Crippen molar-refractivity contribution in [2.75, 3.05) is 22.9 Å². The van der Waals surface area contributed by atoms with Gasteiger partial charge in [0.25, 0.3) is 0 Å². The molecule has 1 aliphatic rings. The van der Waals surface area contributed by atoms with E-state index in [1.165, 1.54) is 17.0 Å². The maximum atomic E-state index is 13.6. The van der Waals surface area contributed by atoms with E-state index >= 15 is 0 Å². The van der Waals surface area contributed by atoms with Crippen LogP contribution in [-0.2, 0) is 0 Å². The Labute approximate surface area is 126 Å². The highest BCUT2D eigenvalue weighted by Crippen LogP contribution is 2.28. The number of amides is 2. The van der Waals surface area contributed by atoms with Crippen molar-refractivity contribution in [3.05, 3.63) is 53.1 Å². The van der Waals surface area contributed by atoms with Gasteiger partial charge in [-0.25, -0.2) is 9.18 Å². The molecule has 0 radical (unpaired) electrons. The monoisotopic (exact) mass is 305 g/mol.